The Balaban J connectivity index is 1.58. The largest absolute Gasteiger partial charge is 0.489 e. The van der Waals surface area contributed by atoms with E-state index in [0.717, 1.165) is 22.4 Å². The predicted molar refractivity (Wildman–Crippen MR) is 99.8 cm³/mol. The number of nitrogens with one attached hydrogen (secondary N) is 1. The van der Waals surface area contributed by atoms with Crippen molar-refractivity contribution in [2.75, 3.05) is 0 Å². The SMILES string of the molecule is Cc1[nH]nc2c1[C@@H](c1ccc(OCc3ccc(F)cc3)cc1)C(C#N)=C(N)O2. The fraction of sp³-hybridized carbons (Fsp3) is 0.143. The molecule has 3 aromatic rings. The molecule has 1 atom stereocenters. The van der Waals surface area contributed by atoms with Gasteiger partial charge in [0.15, 0.2) is 0 Å². The van der Waals surface area contributed by atoms with Crippen LogP contribution in [0.25, 0.3) is 0 Å². The van der Waals surface area contributed by atoms with Crippen LogP contribution in [-0.2, 0) is 6.61 Å². The zero-order chi connectivity index (χ0) is 19.7. The lowest BCUT2D eigenvalue weighted by Gasteiger charge is -2.23. The van der Waals surface area contributed by atoms with Crippen molar-refractivity contribution < 1.29 is 13.9 Å². The molecule has 2 heterocycles. The molecule has 0 radical (unpaired) electrons. The highest BCUT2D eigenvalue weighted by atomic mass is 19.1. The lowest BCUT2D eigenvalue weighted by Crippen LogP contribution is -2.21. The highest BCUT2D eigenvalue weighted by Crippen LogP contribution is 2.42. The number of aromatic nitrogens is 2. The molecule has 0 amide bonds. The Kier molecular flexibility index (Phi) is 4.45. The number of nitrogens with two attached hydrogens (primary N) is 1. The van der Waals surface area contributed by atoms with E-state index in [2.05, 4.69) is 16.3 Å². The first-order chi connectivity index (χ1) is 13.6. The van der Waals surface area contributed by atoms with E-state index in [-0.39, 0.29) is 17.6 Å². The molecule has 28 heavy (non-hydrogen) atoms. The van der Waals surface area contributed by atoms with E-state index in [1.54, 1.807) is 12.1 Å². The summed E-state index contributed by atoms with van der Waals surface area (Å²) in [4.78, 5) is 0. The number of allylic oxidation sites excluding steroid dienone is 1. The van der Waals surface area contributed by atoms with Gasteiger partial charge in [-0.3, -0.25) is 5.10 Å². The van der Waals surface area contributed by atoms with Crippen molar-refractivity contribution in [1.29, 1.82) is 5.26 Å². The van der Waals surface area contributed by atoms with E-state index < -0.39 is 0 Å². The number of nitriles is 1. The van der Waals surface area contributed by atoms with Crippen molar-refractivity contribution in [1.82, 2.24) is 10.2 Å². The van der Waals surface area contributed by atoms with Crippen LogP contribution in [0.1, 0.15) is 28.3 Å². The molecule has 3 N–H and O–H groups in total. The summed E-state index contributed by atoms with van der Waals surface area (Å²) in [6, 6.07) is 15.7. The third-order valence-electron chi connectivity index (χ3n) is 4.66. The monoisotopic (exact) mass is 376 g/mol. The first kappa shape index (κ1) is 17.6. The van der Waals surface area contributed by atoms with Gasteiger partial charge in [-0.1, -0.05) is 24.3 Å². The van der Waals surface area contributed by atoms with Gasteiger partial charge in [0.25, 0.3) is 0 Å². The molecule has 7 heteroatoms. The highest BCUT2D eigenvalue weighted by molar-refractivity contribution is 5.55. The molecule has 0 fully saturated rings. The quantitative estimate of drug-likeness (QED) is 0.724. The summed E-state index contributed by atoms with van der Waals surface area (Å²) in [6.45, 7) is 2.21. The van der Waals surface area contributed by atoms with E-state index in [1.807, 2.05) is 31.2 Å². The minimum atomic E-state index is -0.362. The standard InChI is InChI=1S/C21H17FN4O2/c1-12-18-19(17(10-23)20(24)28-21(18)26-25-12)14-4-8-16(9-5-14)27-11-13-2-6-15(22)7-3-13/h2-9,19H,11,24H2,1H3,(H,25,26)/t19-/m0/s1. The molecular weight excluding hydrogens is 359 g/mol. The number of halogens is 1. The van der Waals surface area contributed by atoms with Crippen molar-refractivity contribution in [2.24, 2.45) is 5.73 Å². The molecule has 1 aromatic heterocycles. The molecule has 0 unspecified atom stereocenters. The maximum atomic E-state index is 13.0. The van der Waals surface area contributed by atoms with Crippen molar-refractivity contribution in [2.45, 2.75) is 19.4 Å². The van der Waals surface area contributed by atoms with Crippen LogP contribution in [0.15, 0.2) is 60.0 Å². The number of ether oxygens (including phenoxy) is 2. The molecule has 1 aliphatic heterocycles. The molecule has 0 bridgehead atoms. The Morgan fingerprint density at radius 1 is 1.21 bits per heavy atom. The average Bonchev–Trinajstić information content (AvgIpc) is 3.07. The second-order valence-corrected chi connectivity index (χ2v) is 6.48. The summed E-state index contributed by atoms with van der Waals surface area (Å²) in [6.07, 6.45) is 0. The van der Waals surface area contributed by atoms with E-state index >= 15 is 0 Å². The predicted octanol–water partition coefficient (Wildman–Crippen LogP) is 3.65. The highest BCUT2D eigenvalue weighted by Gasteiger charge is 2.34. The van der Waals surface area contributed by atoms with Gasteiger partial charge in [0.1, 0.15) is 29.8 Å². The van der Waals surface area contributed by atoms with E-state index in [9.17, 15) is 9.65 Å². The number of hydrogen-bond acceptors (Lipinski definition) is 5. The number of rotatable bonds is 4. The first-order valence-corrected chi connectivity index (χ1v) is 8.66. The lowest BCUT2D eigenvalue weighted by atomic mass is 9.84. The Morgan fingerprint density at radius 3 is 2.61 bits per heavy atom. The van der Waals surface area contributed by atoms with Gasteiger partial charge < -0.3 is 15.2 Å². The topological polar surface area (TPSA) is 97.0 Å². The fourth-order valence-electron chi connectivity index (χ4n) is 3.24. The van der Waals surface area contributed by atoms with Crippen molar-refractivity contribution in [3.05, 3.63) is 88.2 Å². The van der Waals surface area contributed by atoms with Crippen LogP contribution in [-0.4, -0.2) is 10.2 Å². The van der Waals surface area contributed by atoms with Crippen LogP contribution in [0, 0.1) is 24.1 Å². The van der Waals surface area contributed by atoms with Crippen LogP contribution >= 0.6 is 0 Å². The summed E-state index contributed by atoms with van der Waals surface area (Å²) in [5.74, 6) is 0.469. The van der Waals surface area contributed by atoms with E-state index in [1.165, 1.54) is 12.1 Å². The van der Waals surface area contributed by atoms with Crippen LogP contribution in [0.5, 0.6) is 11.6 Å². The molecule has 6 nitrogen and oxygen atoms in total. The molecule has 2 aromatic carbocycles. The molecule has 140 valence electrons. The molecule has 0 saturated heterocycles. The van der Waals surface area contributed by atoms with Gasteiger partial charge in [0, 0.05) is 11.3 Å². The minimum absolute atomic E-state index is 0.0585. The second-order valence-electron chi connectivity index (χ2n) is 6.48. The molecule has 0 saturated carbocycles. The third kappa shape index (κ3) is 3.16. The summed E-state index contributed by atoms with van der Waals surface area (Å²) >= 11 is 0. The number of nitrogens with zero attached hydrogens (tertiary/aromatic N) is 2. The Labute approximate surface area is 161 Å². The minimum Gasteiger partial charge on any atom is -0.489 e. The van der Waals surface area contributed by atoms with Gasteiger partial charge in [-0.15, -0.1) is 5.10 Å². The summed E-state index contributed by atoms with van der Waals surface area (Å²) in [5, 5.41) is 16.6. The lowest BCUT2D eigenvalue weighted by molar-refractivity contribution is 0.306. The van der Waals surface area contributed by atoms with Crippen LogP contribution in [0.4, 0.5) is 4.39 Å². The van der Waals surface area contributed by atoms with Crippen LogP contribution < -0.4 is 15.2 Å². The summed E-state index contributed by atoms with van der Waals surface area (Å²) in [5.41, 5.74) is 9.63. The fourth-order valence-corrected chi connectivity index (χ4v) is 3.24. The van der Waals surface area contributed by atoms with Gasteiger partial charge in [-0.05, 0) is 42.3 Å². The average molecular weight is 376 g/mol. The van der Waals surface area contributed by atoms with Gasteiger partial charge >= 0.3 is 0 Å². The number of aryl methyl sites for hydroxylation is 1. The Morgan fingerprint density at radius 2 is 1.93 bits per heavy atom. The van der Waals surface area contributed by atoms with Gasteiger partial charge in [0.2, 0.25) is 11.8 Å². The smallest absolute Gasteiger partial charge is 0.244 e. The molecule has 4 rings (SSSR count). The first-order valence-electron chi connectivity index (χ1n) is 8.66. The number of H-pyrrole nitrogens is 1. The van der Waals surface area contributed by atoms with E-state index in [4.69, 9.17) is 15.2 Å². The number of hydrogen-bond donors (Lipinski definition) is 2. The van der Waals surface area contributed by atoms with Crippen molar-refractivity contribution in [3.8, 4) is 17.7 Å². The van der Waals surface area contributed by atoms with Crippen LogP contribution in [0.3, 0.4) is 0 Å². The summed E-state index contributed by atoms with van der Waals surface area (Å²) < 4.78 is 24.2. The number of benzene rings is 2. The van der Waals surface area contributed by atoms with Crippen molar-refractivity contribution in [3.63, 3.8) is 0 Å². The number of aromatic amines is 1. The summed E-state index contributed by atoms with van der Waals surface area (Å²) in [7, 11) is 0. The van der Waals surface area contributed by atoms with Crippen molar-refractivity contribution >= 4 is 0 Å². The number of fused-ring (bicyclic) bond motifs is 1. The maximum absolute atomic E-state index is 13.0. The molecule has 1 aliphatic rings. The second kappa shape index (κ2) is 7.08. The maximum Gasteiger partial charge on any atom is 0.244 e. The zero-order valence-corrected chi connectivity index (χ0v) is 15.1. The van der Waals surface area contributed by atoms with Gasteiger partial charge in [-0.2, -0.15) is 5.26 Å². The third-order valence-corrected chi connectivity index (χ3v) is 4.66. The normalized spacial score (nSPS) is 15.5. The van der Waals surface area contributed by atoms with E-state index in [0.29, 0.717) is 23.8 Å². The Hall–Kier alpha value is -3.79. The van der Waals surface area contributed by atoms with Gasteiger partial charge in [0.05, 0.1) is 5.92 Å². The zero-order valence-electron chi connectivity index (χ0n) is 15.1. The Bertz CT molecular complexity index is 1080. The van der Waals surface area contributed by atoms with Crippen LogP contribution in [0.2, 0.25) is 0 Å². The van der Waals surface area contributed by atoms with Gasteiger partial charge in [-0.25, -0.2) is 4.39 Å². The molecular formula is C21H17FN4O2. The molecule has 0 aliphatic carbocycles. The molecule has 0 spiro atoms.